The molecule has 0 spiro atoms. The number of hydrogen-bond acceptors (Lipinski definition) is 4. The van der Waals surface area contributed by atoms with Gasteiger partial charge in [0.15, 0.2) is 0 Å². The van der Waals surface area contributed by atoms with E-state index in [0.717, 1.165) is 42.1 Å². The van der Waals surface area contributed by atoms with E-state index in [1.54, 1.807) is 0 Å². The van der Waals surface area contributed by atoms with Gasteiger partial charge in [-0.2, -0.15) is 5.06 Å². The Morgan fingerprint density at radius 3 is 3.25 bits per heavy atom. The van der Waals surface area contributed by atoms with E-state index in [0.29, 0.717) is 6.54 Å². The molecule has 0 unspecified atom stereocenters. The van der Waals surface area contributed by atoms with Crippen LogP contribution in [0.25, 0.3) is 11.0 Å². The fraction of sp³-hybridized carbons (Fsp3) is 0.364. The summed E-state index contributed by atoms with van der Waals surface area (Å²) < 4.78 is 0. The van der Waals surface area contributed by atoms with Crippen LogP contribution in [0.4, 0.5) is 5.69 Å². The molecule has 2 heterocycles. The molecule has 1 aromatic heterocycles. The Morgan fingerprint density at radius 2 is 2.44 bits per heavy atom. The molecule has 1 aliphatic rings. The first-order chi connectivity index (χ1) is 7.81. The lowest BCUT2D eigenvalue weighted by Gasteiger charge is -2.10. The number of benzene rings is 1. The van der Waals surface area contributed by atoms with Crippen molar-refractivity contribution in [2.24, 2.45) is 0 Å². The molecule has 1 aromatic carbocycles. The molecule has 0 bridgehead atoms. The summed E-state index contributed by atoms with van der Waals surface area (Å²) in [6.45, 7) is 2.49. The van der Waals surface area contributed by atoms with E-state index >= 15 is 0 Å². The molecule has 0 aliphatic carbocycles. The smallest absolute Gasteiger partial charge is 0.123 e. The predicted octanol–water partition coefficient (Wildman–Crippen LogP) is 1.28. The van der Waals surface area contributed by atoms with E-state index < -0.39 is 0 Å². The zero-order chi connectivity index (χ0) is 11.0. The van der Waals surface area contributed by atoms with Crippen LogP contribution in [0.15, 0.2) is 18.2 Å². The molecule has 1 fully saturated rings. The maximum atomic E-state index is 5.71. The first kappa shape index (κ1) is 9.62. The van der Waals surface area contributed by atoms with Crippen molar-refractivity contribution < 1.29 is 4.84 Å². The minimum Gasteiger partial charge on any atom is -0.399 e. The third kappa shape index (κ3) is 1.75. The van der Waals surface area contributed by atoms with Crippen LogP contribution in [0, 0.1) is 0 Å². The summed E-state index contributed by atoms with van der Waals surface area (Å²) >= 11 is 0. The van der Waals surface area contributed by atoms with E-state index in [1.807, 2.05) is 23.3 Å². The summed E-state index contributed by atoms with van der Waals surface area (Å²) in [5, 5.41) is 1.93. The van der Waals surface area contributed by atoms with E-state index in [4.69, 9.17) is 10.6 Å². The molecule has 84 valence electrons. The molecule has 0 amide bonds. The molecule has 2 aromatic rings. The van der Waals surface area contributed by atoms with Crippen molar-refractivity contribution in [3.63, 3.8) is 0 Å². The van der Waals surface area contributed by atoms with Crippen LogP contribution < -0.4 is 5.73 Å². The van der Waals surface area contributed by atoms with Crippen molar-refractivity contribution in [3.05, 3.63) is 24.0 Å². The van der Waals surface area contributed by atoms with Gasteiger partial charge in [0.1, 0.15) is 5.82 Å². The molecule has 1 saturated heterocycles. The lowest BCUT2D eigenvalue weighted by Crippen LogP contribution is -2.17. The number of anilines is 1. The number of fused-ring (bicyclic) bond motifs is 1. The average molecular weight is 218 g/mol. The van der Waals surface area contributed by atoms with Crippen molar-refractivity contribution in [1.82, 2.24) is 15.0 Å². The molecule has 16 heavy (non-hydrogen) atoms. The molecular formula is C11H14N4O. The highest BCUT2D eigenvalue weighted by atomic mass is 16.7. The number of nitrogens with one attached hydrogen (secondary N) is 1. The van der Waals surface area contributed by atoms with Crippen LogP contribution >= 0.6 is 0 Å². The molecule has 5 heteroatoms. The van der Waals surface area contributed by atoms with Crippen molar-refractivity contribution in [2.45, 2.75) is 13.0 Å². The van der Waals surface area contributed by atoms with Crippen molar-refractivity contribution >= 4 is 16.7 Å². The molecule has 3 rings (SSSR count). The summed E-state index contributed by atoms with van der Waals surface area (Å²) in [5.74, 6) is 0.919. The fourth-order valence-electron chi connectivity index (χ4n) is 1.95. The van der Waals surface area contributed by atoms with Crippen molar-refractivity contribution in [1.29, 1.82) is 0 Å². The second-order valence-corrected chi connectivity index (χ2v) is 4.01. The number of nitrogen functional groups attached to an aromatic ring is 1. The van der Waals surface area contributed by atoms with Gasteiger partial charge in [0.2, 0.25) is 0 Å². The van der Waals surface area contributed by atoms with Gasteiger partial charge in [0, 0.05) is 12.2 Å². The van der Waals surface area contributed by atoms with Crippen LogP contribution in [-0.4, -0.2) is 28.2 Å². The average Bonchev–Trinajstić information content (AvgIpc) is 2.86. The highest BCUT2D eigenvalue weighted by Gasteiger charge is 2.14. The standard InChI is InChI=1S/C11H14N4O/c12-8-2-3-9-10(6-8)14-11(13-9)7-15-4-1-5-16-15/h2-3,6H,1,4-5,7,12H2,(H,13,14). The maximum absolute atomic E-state index is 5.71. The number of imidazole rings is 1. The van der Waals surface area contributed by atoms with E-state index in [2.05, 4.69) is 9.97 Å². The second kappa shape index (κ2) is 3.77. The third-order valence-corrected chi connectivity index (χ3v) is 2.71. The van der Waals surface area contributed by atoms with Crippen molar-refractivity contribution in [2.75, 3.05) is 18.9 Å². The molecule has 0 radical (unpaired) electrons. The lowest BCUT2D eigenvalue weighted by molar-refractivity contribution is -0.118. The van der Waals surface area contributed by atoms with Crippen LogP contribution in [0.1, 0.15) is 12.2 Å². The summed E-state index contributed by atoms with van der Waals surface area (Å²) in [7, 11) is 0. The lowest BCUT2D eigenvalue weighted by atomic mass is 10.3. The summed E-state index contributed by atoms with van der Waals surface area (Å²) in [5.41, 5.74) is 8.39. The first-order valence-corrected chi connectivity index (χ1v) is 5.43. The van der Waals surface area contributed by atoms with E-state index in [-0.39, 0.29) is 0 Å². The normalized spacial score (nSPS) is 17.2. The van der Waals surface area contributed by atoms with E-state index in [1.165, 1.54) is 0 Å². The summed E-state index contributed by atoms with van der Waals surface area (Å²) in [6, 6.07) is 5.69. The Bertz CT molecular complexity index is 502. The Morgan fingerprint density at radius 1 is 1.50 bits per heavy atom. The first-order valence-electron chi connectivity index (χ1n) is 5.43. The SMILES string of the molecule is Nc1ccc2nc(CN3CCCO3)[nH]c2c1. The molecule has 0 atom stereocenters. The number of H-pyrrole nitrogens is 1. The van der Waals surface area contributed by atoms with Gasteiger partial charge >= 0.3 is 0 Å². The van der Waals surface area contributed by atoms with Gasteiger partial charge in [0.25, 0.3) is 0 Å². The Balaban J connectivity index is 1.86. The number of aromatic amines is 1. The van der Waals surface area contributed by atoms with Gasteiger partial charge in [-0.25, -0.2) is 4.98 Å². The quantitative estimate of drug-likeness (QED) is 0.745. The number of hydrogen-bond donors (Lipinski definition) is 2. The Hall–Kier alpha value is -1.59. The molecule has 5 nitrogen and oxygen atoms in total. The van der Waals surface area contributed by atoms with Gasteiger partial charge in [-0.3, -0.25) is 4.84 Å². The number of nitrogens with two attached hydrogens (primary N) is 1. The highest BCUT2D eigenvalue weighted by molar-refractivity contribution is 5.78. The number of nitrogens with zero attached hydrogens (tertiary/aromatic N) is 2. The van der Waals surface area contributed by atoms with Gasteiger partial charge in [0.05, 0.1) is 24.2 Å². The summed E-state index contributed by atoms with van der Waals surface area (Å²) in [4.78, 5) is 13.2. The molecular weight excluding hydrogens is 204 g/mol. The predicted molar refractivity (Wildman–Crippen MR) is 61.5 cm³/mol. The van der Waals surface area contributed by atoms with Gasteiger partial charge < -0.3 is 10.7 Å². The third-order valence-electron chi connectivity index (χ3n) is 2.71. The monoisotopic (exact) mass is 218 g/mol. The van der Waals surface area contributed by atoms with Crippen LogP contribution in [0.3, 0.4) is 0 Å². The second-order valence-electron chi connectivity index (χ2n) is 4.01. The van der Waals surface area contributed by atoms with Gasteiger partial charge in [-0.15, -0.1) is 0 Å². The van der Waals surface area contributed by atoms with E-state index in [9.17, 15) is 0 Å². The van der Waals surface area contributed by atoms with Crippen LogP contribution in [0.5, 0.6) is 0 Å². The molecule has 1 aliphatic heterocycles. The zero-order valence-electron chi connectivity index (χ0n) is 8.94. The number of hydroxylamine groups is 2. The van der Waals surface area contributed by atoms with Crippen LogP contribution in [0.2, 0.25) is 0 Å². The van der Waals surface area contributed by atoms with Gasteiger partial charge in [-0.05, 0) is 24.6 Å². The van der Waals surface area contributed by atoms with Crippen LogP contribution in [-0.2, 0) is 11.4 Å². The zero-order valence-corrected chi connectivity index (χ0v) is 8.94. The van der Waals surface area contributed by atoms with Gasteiger partial charge in [-0.1, -0.05) is 0 Å². The summed E-state index contributed by atoms with van der Waals surface area (Å²) in [6.07, 6.45) is 1.09. The fourth-order valence-corrected chi connectivity index (χ4v) is 1.95. The number of aromatic nitrogens is 2. The molecule has 3 N–H and O–H groups in total. The highest BCUT2D eigenvalue weighted by Crippen LogP contribution is 2.16. The minimum absolute atomic E-state index is 0.703. The largest absolute Gasteiger partial charge is 0.399 e. The number of rotatable bonds is 2. The Kier molecular flexibility index (Phi) is 2.27. The molecule has 0 saturated carbocycles. The topological polar surface area (TPSA) is 67.2 Å². The maximum Gasteiger partial charge on any atom is 0.123 e. The minimum atomic E-state index is 0.703. The van der Waals surface area contributed by atoms with Crippen molar-refractivity contribution in [3.8, 4) is 0 Å². The Labute approximate surface area is 93.2 Å².